The van der Waals surface area contributed by atoms with Gasteiger partial charge in [0.15, 0.2) is 0 Å². The number of rotatable bonds is 5. The molecule has 1 aromatic rings. The van der Waals surface area contributed by atoms with Gasteiger partial charge in [-0.1, -0.05) is 18.2 Å². The van der Waals surface area contributed by atoms with Crippen LogP contribution in [0.1, 0.15) is 86.8 Å². The molecule has 33 heavy (non-hydrogen) atoms. The molecule has 6 heteroatoms. The van der Waals surface area contributed by atoms with Crippen molar-refractivity contribution in [2.45, 2.75) is 82.2 Å². The summed E-state index contributed by atoms with van der Waals surface area (Å²) in [5.74, 6) is 1.96. The summed E-state index contributed by atoms with van der Waals surface area (Å²) in [4.78, 5) is 31.5. The van der Waals surface area contributed by atoms with Crippen LogP contribution < -0.4 is 0 Å². The number of allylic oxidation sites excluding steroid dienone is 3. The van der Waals surface area contributed by atoms with Gasteiger partial charge in [-0.3, -0.25) is 9.59 Å². The number of likely N-dealkylation sites (tertiary alicyclic amines) is 1. The standard InChI is InChI=1S/C27H36N2O4/c1-2-3-8-12-23(31)29-19(18-30)17-27-22-13-15-28(26(27)32)14-10-7-5-4-6-9-11-20-16-21(22)24(33-20)25(27)29/h2,4,6,16,19,22,25,30H,1,3,5,7-15,17-18H2/t19-,22+,25+,27+/m1/s1. The molecule has 178 valence electrons. The SMILES string of the molecule is C=CCCCC(=O)N1[C@@H](CO)C[C@@]23C(=O)N4CCCCC=CCCc5cc(c(o5)[C@H]12)[C@@H]3CC4. The second kappa shape index (κ2) is 9.13. The summed E-state index contributed by atoms with van der Waals surface area (Å²) in [5, 5.41) is 10.3. The topological polar surface area (TPSA) is 74.0 Å². The monoisotopic (exact) mass is 452 g/mol. The van der Waals surface area contributed by atoms with Crippen molar-refractivity contribution < 1.29 is 19.1 Å². The number of aliphatic hydroxyl groups is 1. The summed E-state index contributed by atoms with van der Waals surface area (Å²) < 4.78 is 6.44. The van der Waals surface area contributed by atoms with Crippen molar-refractivity contribution in [2.24, 2.45) is 5.41 Å². The molecule has 5 aliphatic rings. The molecule has 4 aliphatic heterocycles. The van der Waals surface area contributed by atoms with E-state index in [-0.39, 0.29) is 30.4 Å². The third kappa shape index (κ3) is 3.58. The number of carbonyl (C=O) groups excluding carboxylic acids is 2. The van der Waals surface area contributed by atoms with Crippen LogP contribution in [0.25, 0.3) is 0 Å². The van der Waals surface area contributed by atoms with E-state index < -0.39 is 11.5 Å². The first-order valence-electron chi connectivity index (χ1n) is 12.7. The average molecular weight is 453 g/mol. The van der Waals surface area contributed by atoms with Crippen LogP contribution in [-0.2, 0) is 16.0 Å². The Bertz CT molecular complexity index is 950. The lowest BCUT2D eigenvalue weighted by Crippen LogP contribution is -2.53. The minimum atomic E-state index is -0.704. The number of unbranched alkanes of at least 4 members (excludes halogenated alkanes) is 1. The minimum Gasteiger partial charge on any atom is -0.464 e. The molecule has 2 saturated heterocycles. The Morgan fingerprint density at radius 1 is 1.27 bits per heavy atom. The number of aliphatic hydroxyl groups excluding tert-OH is 1. The Hall–Kier alpha value is -2.34. The van der Waals surface area contributed by atoms with E-state index in [0.29, 0.717) is 12.8 Å². The number of furan rings is 1. The van der Waals surface area contributed by atoms with Crippen LogP contribution in [0.2, 0.25) is 0 Å². The lowest BCUT2D eigenvalue weighted by Gasteiger charge is -2.44. The van der Waals surface area contributed by atoms with Crippen LogP contribution in [0, 0.1) is 5.41 Å². The maximum absolute atomic E-state index is 14.1. The number of aryl methyl sites for hydroxylation is 1. The number of hydrogen-bond donors (Lipinski definition) is 1. The van der Waals surface area contributed by atoms with Crippen molar-refractivity contribution in [2.75, 3.05) is 19.7 Å². The predicted octanol–water partition coefficient (Wildman–Crippen LogP) is 4.26. The Labute approximate surface area is 196 Å². The average Bonchev–Trinajstić information content (AvgIpc) is 3.43. The highest BCUT2D eigenvalue weighted by atomic mass is 16.3. The molecule has 0 aromatic carbocycles. The lowest BCUT2D eigenvalue weighted by atomic mass is 9.67. The van der Waals surface area contributed by atoms with Gasteiger partial charge in [0, 0.05) is 37.4 Å². The van der Waals surface area contributed by atoms with Crippen molar-refractivity contribution >= 4 is 11.8 Å². The summed E-state index contributed by atoms with van der Waals surface area (Å²) in [5.41, 5.74) is 0.423. The molecule has 5 heterocycles. The quantitative estimate of drug-likeness (QED) is 0.535. The number of amides is 2. The highest BCUT2D eigenvalue weighted by molar-refractivity contribution is 5.90. The van der Waals surface area contributed by atoms with Crippen molar-refractivity contribution in [1.82, 2.24) is 9.80 Å². The van der Waals surface area contributed by atoms with Gasteiger partial charge in [0.25, 0.3) is 0 Å². The van der Waals surface area contributed by atoms with Gasteiger partial charge < -0.3 is 19.3 Å². The van der Waals surface area contributed by atoms with Gasteiger partial charge in [-0.05, 0) is 57.4 Å². The molecule has 0 unspecified atom stereocenters. The second-order valence-electron chi connectivity index (χ2n) is 10.1. The number of nitrogens with zero attached hydrogens (tertiary/aromatic N) is 2. The summed E-state index contributed by atoms with van der Waals surface area (Å²) in [6.07, 6.45) is 14.4. The minimum absolute atomic E-state index is 0.00750. The molecule has 1 spiro atoms. The van der Waals surface area contributed by atoms with Crippen LogP contribution in [0.5, 0.6) is 0 Å². The van der Waals surface area contributed by atoms with E-state index in [2.05, 4.69) is 24.8 Å². The Morgan fingerprint density at radius 2 is 2.12 bits per heavy atom. The Kier molecular flexibility index (Phi) is 6.21. The lowest BCUT2D eigenvalue weighted by molar-refractivity contribution is -0.151. The van der Waals surface area contributed by atoms with Gasteiger partial charge in [-0.25, -0.2) is 0 Å². The molecule has 1 N–H and O–H groups in total. The highest BCUT2D eigenvalue weighted by Gasteiger charge is 2.69. The molecule has 2 amide bonds. The molecule has 2 fully saturated rings. The van der Waals surface area contributed by atoms with Crippen LogP contribution in [0.15, 0.2) is 35.3 Å². The number of piperidine rings is 1. The van der Waals surface area contributed by atoms with Gasteiger partial charge in [-0.2, -0.15) is 0 Å². The van der Waals surface area contributed by atoms with E-state index in [0.717, 1.165) is 81.5 Å². The number of fused-ring (bicyclic) bond motifs is 7. The summed E-state index contributed by atoms with van der Waals surface area (Å²) in [6.45, 7) is 5.15. The summed E-state index contributed by atoms with van der Waals surface area (Å²) in [7, 11) is 0. The van der Waals surface area contributed by atoms with Crippen molar-refractivity contribution in [3.8, 4) is 0 Å². The molecule has 6 bridgehead atoms. The zero-order valence-corrected chi connectivity index (χ0v) is 19.5. The number of hydrogen-bond acceptors (Lipinski definition) is 4. The first-order chi connectivity index (χ1) is 16.1. The first kappa shape index (κ1) is 22.5. The largest absolute Gasteiger partial charge is 0.464 e. The molecular formula is C27H36N2O4. The predicted molar refractivity (Wildman–Crippen MR) is 126 cm³/mol. The van der Waals surface area contributed by atoms with E-state index in [1.165, 1.54) is 0 Å². The van der Waals surface area contributed by atoms with Crippen LogP contribution >= 0.6 is 0 Å². The van der Waals surface area contributed by atoms with E-state index >= 15 is 0 Å². The second-order valence-corrected chi connectivity index (χ2v) is 10.1. The number of carbonyl (C=O) groups is 2. The van der Waals surface area contributed by atoms with Gasteiger partial charge >= 0.3 is 0 Å². The van der Waals surface area contributed by atoms with Gasteiger partial charge in [0.1, 0.15) is 17.6 Å². The molecule has 0 radical (unpaired) electrons. The third-order valence-corrected chi connectivity index (χ3v) is 8.26. The van der Waals surface area contributed by atoms with Gasteiger partial charge in [0.05, 0.1) is 18.1 Å². The van der Waals surface area contributed by atoms with E-state index in [1.54, 1.807) is 0 Å². The third-order valence-electron chi connectivity index (χ3n) is 8.26. The molecule has 6 rings (SSSR count). The molecular weight excluding hydrogens is 416 g/mol. The van der Waals surface area contributed by atoms with E-state index in [4.69, 9.17) is 4.42 Å². The van der Waals surface area contributed by atoms with Crippen LogP contribution in [0.4, 0.5) is 0 Å². The molecule has 1 aromatic heterocycles. The van der Waals surface area contributed by atoms with Crippen molar-refractivity contribution in [3.05, 3.63) is 48.0 Å². The van der Waals surface area contributed by atoms with Gasteiger partial charge in [0.2, 0.25) is 11.8 Å². The van der Waals surface area contributed by atoms with Crippen molar-refractivity contribution in [1.29, 1.82) is 0 Å². The van der Waals surface area contributed by atoms with Crippen LogP contribution in [-0.4, -0.2) is 52.5 Å². The molecule has 4 atom stereocenters. The fourth-order valence-electron chi connectivity index (χ4n) is 6.83. The summed E-state index contributed by atoms with van der Waals surface area (Å²) >= 11 is 0. The maximum Gasteiger partial charge on any atom is 0.232 e. The zero-order valence-electron chi connectivity index (χ0n) is 19.5. The van der Waals surface area contributed by atoms with Gasteiger partial charge in [-0.15, -0.1) is 6.58 Å². The summed E-state index contributed by atoms with van der Waals surface area (Å²) in [6, 6.07) is 1.40. The van der Waals surface area contributed by atoms with E-state index in [1.807, 2.05) is 15.9 Å². The zero-order chi connectivity index (χ0) is 23.0. The fraction of sp³-hybridized carbons (Fsp3) is 0.630. The Balaban J connectivity index is 1.58. The molecule has 0 saturated carbocycles. The smallest absolute Gasteiger partial charge is 0.232 e. The Morgan fingerprint density at radius 3 is 2.94 bits per heavy atom. The maximum atomic E-state index is 14.1. The molecule has 6 nitrogen and oxygen atoms in total. The fourth-order valence-corrected chi connectivity index (χ4v) is 6.83. The van der Waals surface area contributed by atoms with Crippen molar-refractivity contribution in [3.63, 3.8) is 0 Å². The van der Waals surface area contributed by atoms with Crippen LogP contribution in [0.3, 0.4) is 0 Å². The van der Waals surface area contributed by atoms with E-state index in [9.17, 15) is 14.7 Å². The molecule has 1 aliphatic carbocycles. The first-order valence-corrected chi connectivity index (χ1v) is 12.7. The normalized spacial score (nSPS) is 31.1. The highest BCUT2D eigenvalue weighted by Crippen LogP contribution is 2.67.